The number of nitrogens with two attached hydrogens (primary N) is 1. The quantitative estimate of drug-likeness (QED) is 0.690. The summed E-state index contributed by atoms with van der Waals surface area (Å²) in [5, 5.41) is 3.57. The van der Waals surface area contributed by atoms with E-state index < -0.39 is 0 Å². The van der Waals surface area contributed by atoms with Crippen LogP contribution in [-0.2, 0) is 0 Å². The second-order valence-electron chi connectivity index (χ2n) is 4.57. The van der Waals surface area contributed by atoms with Crippen LogP contribution in [0.3, 0.4) is 0 Å². The van der Waals surface area contributed by atoms with E-state index >= 15 is 0 Å². The Balaban J connectivity index is 2.27. The maximum absolute atomic E-state index is 5.96. The predicted octanol–water partition coefficient (Wildman–Crippen LogP) is 2.70. The SMILES string of the molecule is Cc1cc(C2CCCCN2)cc(C)c1N. The minimum absolute atomic E-state index is 0.539. The summed E-state index contributed by atoms with van der Waals surface area (Å²) in [4.78, 5) is 0. The third-order valence-corrected chi connectivity index (χ3v) is 3.33. The van der Waals surface area contributed by atoms with E-state index in [1.165, 1.54) is 36.0 Å². The Bertz CT molecular complexity index is 329. The number of benzene rings is 1. The molecule has 1 aromatic carbocycles. The topological polar surface area (TPSA) is 38.0 Å². The van der Waals surface area contributed by atoms with E-state index in [1.807, 2.05) is 0 Å². The highest BCUT2D eigenvalue weighted by Gasteiger charge is 2.15. The van der Waals surface area contributed by atoms with E-state index in [1.54, 1.807) is 0 Å². The van der Waals surface area contributed by atoms with Crippen LogP contribution in [0, 0.1) is 13.8 Å². The normalized spacial score (nSPS) is 21.6. The van der Waals surface area contributed by atoms with Crippen LogP contribution >= 0.6 is 0 Å². The Kier molecular flexibility index (Phi) is 2.96. The summed E-state index contributed by atoms with van der Waals surface area (Å²) in [7, 11) is 0. The first-order valence-electron chi connectivity index (χ1n) is 5.78. The minimum Gasteiger partial charge on any atom is -0.398 e. The Morgan fingerprint density at radius 3 is 2.40 bits per heavy atom. The Morgan fingerprint density at radius 2 is 1.87 bits per heavy atom. The number of rotatable bonds is 1. The molecule has 0 aromatic heterocycles. The molecule has 0 bridgehead atoms. The molecule has 0 saturated carbocycles. The van der Waals surface area contributed by atoms with Gasteiger partial charge >= 0.3 is 0 Å². The zero-order chi connectivity index (χ0) is 10.8. The Morgan fingerprint density at radius 1 is 1.20 bits per heavy atom. The van der Waals surface area contributed by atoms with Gasteiger partial charge in [0, 0.05) is 11.7 Å². The number of hydrogen-bond donors (Lipinski definition) is 2. The molecule has 1 aromatic rings. The average Bonchev–Trinajstić information content (AvgIpc) is 2.26. The molecule has 1 heterocycles. The third-order valence-electron chi connectivity index (χ3n) is 3.33. The van der Waals surface area contributed by atoms with Crippen LogP contribution in [0.2, 0.25) is 0 Å². The molecular formula is C13H20N2. The molecule has 2 heteroatoms. The Hall–Kier alpha value is -1.02. The van der Waals surface area contributed by atoms with Gasteiger partial charge in [0.2, 0.25) is 0 Å². The number of anilines is 1. The van der Waals surface area contributed by atoms with Crippen LogP contribution in [0.4, 0.5) is 5.69 Å². The first-order valence-corrected chi connectivity index (χ1v) is 5.78. The second-order valence-corrected chi connectivity index (χ2v) is 4.57. The van der Waals surface area contributed by atoms with Crippen LogP contribution in [0.1, 0.15) is 42.0 Å². The van der Waals surface area contributed by atoms with Gasteiger partial charge in [0.1, 0.15) is 0 Å². The molecular weight excluding hydrogens is 184 g/mol. The molecule has 0 aliphatic carbocycles. The molecule has 82 valence electrons. The van der Waals surface area contributed by atoms with Crippen LogP contribution in [0.25, 0.3) is 0 Å². The highest BCUT2D eigenvalue weighted by atomic mass is 14.9. The van der Waals surface area contributed by atoms with Gasteiger partial charge in [-0.05, 0) is 49.9 Å². The van der Waals surface area contributed by atoms with E-state index in [9.17, 15) is 0 Å². The lowest BCUT2D eigenvalue weighted by Crippen LogP contribution is -2.26. The van der Waals surface area contributed by atoms with Crippen LogP contribution in [-0.4, -0.2) is 6.54 Å². The molecule has 15 heavy (non-hydrogen) atoms. The van der Waals surface area contributed by atoms with Crippen molar-refractivity contribution in [2.75, 3.05) is 12.3 Å². The van der Waals surface area contributed by atoms with Crippen LogP contribution < -0.4 is 11.1 Å². The van der Waals surface area contributed by atoms with Crippen molar-refractivity contribution < 1.29 is 0 Å². The van der Waals surface area contributed by atoms with Crippen molar-refractivity contribution in [1.29, 1.82) is 0 Å². The number of piperidine rings is 1. The van der Waals surface area contributed by atoms with Crippen molar-refractivity contribution >= 4 is 5.69 Å². The fourth-order valence-electron chi connectivity index (χ4n) is 2.35. The lowest BCUT2D eigenvalue weighted by atomic mass is 9.94. The molecule has 1 saturated heterocycles. The molecule has 0 radical (unpaired) electrons. The van der Waals surface area contributed by atoms with Gasteiger partial charge in [-0.15, -0.1) is 0 Å². The smallest absolute Gasteiger partial charge is 0.0373 e. The van der Waals surface area contributed by atoms with E-state index in [0.717, 1.165) is 12.2 Å². The molecule has 3 N–H and O–H groups in total. The molecule has 2 rings (SSSR count). The van der Waals surface area contributed by atoms with E-state index in [-0.39, 0.29) is 0 Å². The van der Waals surface area contributed by atoms with Crippen molar-refractivity contribution in [2.24, 2.45) is 0 Å². The summed E-state index contributed by atoms with van der Waals surface area (Å²) in [6.07, 6.45) is 3.90. The average molecular weight is 204 g/mol. The first kappa shape index (κ1) is 10.5. The summed E-state index contributed by atoms with van der Waals surface area (Å²) in [6.45, 7) is 5.33. The van der Waals surface area contributed by atoms with Gasteiger partial charge in [-0.2, -0.15) is 0 Å². The lowest BCUT2D eigenvalue weighted by Gasteiger charge is -2.25. The van der Waals surface area contributed by atoms with E-state index in [2.05, 4.69) is 31.3 Å². The highest BCUT2D eigenvalue weighted by Crippen LogP contribution is 2.27. The predicted molar refractivity (Wildman–Crippen MR) is 64.9 cm³/mol. The number of hydrogen-bond acceptors (Lipinski definition) is 2. The van der Waals surface area contributed by atoms with Gasteiger partial charge in [0.15, 0.2) is 0 Å². The third kappa shape index (κ3) is 2.15. The van der Waals surface area contributed by atoms with Gasteiger partial charge in [-0.1, -0.05) is 18.6 Å². The molecule has 1 unspecified atom stereocenters. The van der Waals surface area contributed by atoms with Gasteiger partial charge in [0.05, 0.1) is 0 Å². The fourth-order valence-corrected chi connectivity index (χ4v) is 2.35. The fraction of sp³-hybridized carbons (Fsp3) is 0.538. The molecule has 2 nitrogen and oxygen atoms in total. The highest BCUT2D eigenvalue weighted by molar-refractivity contribution is 5.54. The van der Waals surface area contributed by atoms with Crippen molar-refractivity contribution in [1.82, 2.24) is 5.32 Å². The second kappa shape index (κ2) is 4.23. The first-order chi connectivity index (χ1) is 7.18. The van der Waals surface area contributed by atoms with Crippen molar-refractivity contribution in [2.45, 2.75) is 39.2 Å². The van der Waals surface area contributed by atoms with Crippen LogP contribution in [0.5, 0.6) is 0 Å². The van der Waals surface area contributed by atoms with Crippen molar-refractivity contribution in [3.63, 3.8) is 0 Å². The number of aryl methyl sites for hydroxylation is 2. The summed E-state index contributed by atoms with van der Waals surface area (Å²) in [5.74, 6) is 0. The number of nitrogens with one attached hydrogen (secondary N) is 1. The maximum Gasteiger partial charge on any atom is 0.0373 e. The molecule has 1 aliphatic heterocycles. The van der Waals surface area contributed by atoms with E-state index in [0.29, 0.717) is 6.04 Å². The summed E-state index contributed by atoms with van der Waals surface area (Å²) in [6, 6.07) is 4.99. The molecule has 0 spiro atoms. The minimum atomic E-state index is 0.539. The number of nitrogen functional groups attached to an aromatic ring is 1. The van der Waals surface area contributed by atoms with Crippen molar-refractivity contribution in [3.05, 3.63) is 28.8 Å². The molecule has 1 fully saturated rings. The monoisotopic (exact) mass is 204 g/mol. The largest absolute Gasteiger partial charge is 0.398 e. The maximum atomic E-state index is 5.96. The zero-order valence-electron chi connectivity index (χ0n) is 9.64. The van der Waals surface area contributed by atoms with Crippen molar-refractivity contribution in [3.8, 4) is 0 Å². The summed E-state index contributed by atoms with van der Waals surface area (Å²) < 4.78 is 0. The molecule has 1 aliphatic rings. The van der Waals surface area contributed by atoms with Gasteiger partial charge in [0.25, 0.3) is 0 Å². The summed E-state index contributed by atoms with van der Waals surface area (Å²) >= 11 is 0. The Labute approximate surface area is 91.9 Å². The summed E-state index contributed by atoms with van der Waals surface area (Å²) in [5.41, 5.74) is 10.7. The van der Waals surface area contributed by atoms with Crippen LogP contribution in [0.15, 0.2) is 12.1 Å². The van der Waals surface area contributed by atoms with Gasteiger partial charge in [-0.25, -0.2) is 0 Å². The van der Waals surface area contributed by atoms with Gasteiger partial charge in [-0.3, -0.25) is 0 Å². The molecule has 0 amide bonds. The zero-order valence-corrected chi connectivity index (χ0v) is 9.64. The molecule has 1 atom stereocenters. The van der Waals surface area contributed by atoms with Gasteiger partial charge < -0.3 is 11.1 Å². The van der Waals surface area contributed by atoms with E-state index in [4.69, 9.17) is 5.73 Å². The standard InChI is InChI=1S/C13H20N2/c1-9-7-11(8-10(2)13(9)14)12-5-3-4-6-15-12/h7-8,12,15H,3-6,14H2,1-2H3. The lowest BCUT2D eigenvalue weighted by molar-refractivity contribution is 0.412.